The Kier molecular flexibility index (Phi) is 3.76. The van der Waals surface area contributed by atoms with Crippen molar-refractivity contribution in [1.29, 1.82) is 0 Å². The van der Waals surface area contributed by atoms with Crippen LogP contribution in [-0.4, -0.2) is 23.0 Å². The Morgan fingerprint density at radius 3 is 2.68 bits per heavy atom. The van der Waals surface area contributed by atoms with E-state index in [0.29, 0.717) is 22.7 Å². The van der Waals surface area contributed by atoms with Crippen molar-refractivity contribution in [3.63, 3.8) is 0 Å². The Morgan fingerprint density at radius 1 is 1.37 bits per heavy atom. The van der Waals surface area contributed by atoms with Crippen molar-refractivity contribution in [3.05, 3.63) is 40.9 Å². The van der Waals surface area contributed by atoms with Crippen LogP contribution in [0.1, 0.15) is 16.8 Å². The number of rotatable bonds is 4. The van der Waals surface area contributed by atoms with E-state index < -0.39 is 17.8 Å². The number of halogens is 1. The van der Waals surface area contributed by atoms with E-state index in [1.807, 2.05) is 0 Å². The van der Waals surface area contributed by atoms with Crippen molar-refractivity contribution in [2.75, 3.05) is 5.32 Å². The summed E-state index contributed by atoms with van der Waals surface area (Å²) < 4.78 is 0. The quantitative estimate of drug-likeness (QED) is 0.734. The summed E-state index contributed by atoms with van der Waals surface area (Å²) >= 11 is 5.82. The van der Waals surface area contributed by atoms with Crippen LogP contribution in [0.4, 0.5) is 5.69 Å². The summed E-state index contributed by atoms with van der Waals surface area (Å²) in [5, 5.41) is 12.4. The molecular weight excluding hydrogens is 268 g/mol. The molecule has 1 amide bonds. The average molecular weight is 281 g/mol. The minimum atomic E-state index is -0.855. The zero-order valence-corrected chi connectivity index (χ0v) is 10.7. The van der Waals surface area contributed by atoms with Crippen molar-refractivity contribution >= 4 is 29.2 Å². The fourth-order valence-electron chi connectivity index (χ4n) is 2.04. The van der Waals surface area contributed by atoms with E-state index in [1.54, 1.807) is 24.3 Å². The number of benzene rings is 1. The molecule has 1 aromatic rings. The number of hydrogen-bond acceptors (Lipinski definition) is 3. The molecule has 0 aromatic heterocycles. The predicted octanol–water partition coefficient (Wildman–Crippen LogP) is 1.88. The zero-order valence-electron chi connectivity index (χ0n) is 9.97. The average Bonchev–Trinajstić information content (AvgIpc) is 2.80. The first kappa shape index (κ1) is 13.4. The molecule has 0 aliphatic heterocycles. The number of hydrogen-bond donors (Lipinski definition) is 3. The van der Waals surface area contributed by atoms with E-state index in [1.165, 1.54) is 6.07 Å². The first-order chi connectivity index (χ1) is 8.97. The standard InChI is InChI=1S/C13H13ClN2O3/c14-8-2-4-11(10(6-8)12(15)17)16-9-3-1-7(5-9)13(18)19/h1-4,6-7,9,16H,5H2,(H2,15,17)(H,18,19). The molecule has 19 heavy (non-hydrogen) atoms. The number of carboxylic acids is 1. The summed E-state index contributed by atoms with van der Waals surface area (Å²) in [5.41, 5.74) is 6.13. The van der Waals surface area contributed by atoms with Crippen molar-refractivity contribution < 1.29 is 14.7 Å². The first-order valence-corrected chi connectivity index (χ1v) is 6.12. The van der Waals surface area contributed by atoms with Gasteiger partial charge >= 0.3 is 5.97 Å². The van der Waals surface area contributed by atoms with Gasteiger partial charge in [-0.2, -0.15) is 0 Å². The van der Waals surface area contributed by atoms with Gasteiger partial charge in [-0.1, -0.05) is 23.8 Å². The van der Waals surface area contributed by atoms with E-state index in [4.69, 9.17) is 22.4 Å². The number of aliphatic carboxylic acids is 1. The number of nitrogens with one attached hydrogen (secondary N) is 1. The Labute approximate surface area is 115 Å². The van der Waals surface area contributed by atoms with Crippen LogP contribution in [0.5, 0.6) is 0 Å². The monoisotopic (exact) mass is 280 g/mol. The first-order valence-electron chi connectivity index (χ1n) is 5.74. The summed E-state index contributed by atoms with van der Waals surface area (Å²) in [4.78, 5) is 22.2. The second-order valence-corrected chi connectivity index (χ2v) is 4.81. The van der Waals surface area contributed by atoms with Gasteiger partial charge in [0.05, 0.1) is 11.5 Å². The maximum atomic E-state index is 11.3. The Hall–Kier alpha value is -2.01. The molecule has 0 heterocycles. The van der Waals surface area contributed by atoms with E-state index in [0.717, 1.165) is 0 Å². The molecule has 4 N–H and O–H groups in total. The molecule has 0 bridgehead atoms. The Morgan fingerprint density at radius 2 is 2.11 bits per heavy atom. The number of nitrogens with two attached hydrogens (primary N) is 1. The molecule has 1 aliphatic rings. The minimum absolute atomic E-state index is 0.139. The second kappa shape index (κ2) is 5.32. The molecule has 100 valence electrons. The lowest BCUT2D eigenvalue weighted by Gasteiger charge is -2.16. The molecule has 5 nitrogen and oxygen atoms in total. The Balaban J connectivity index is 2.15. The summed E-state index contributed by atoms with van der Waals surface area (Å²) in [5.74, 6) is -1.93. The second-order valence-electron chi connectivity index (χ2n) is 4.37. The van der Waals surface area contributed by atoms with E-state index in [9.17, 15) is 9.59 Å². The van der Waals surface area contributed by atoms with E-state index in [2.05, 4.69) is 5.32 Å². The van der Waals surface area contributed by atoms with Crippen molar-refractivity contribution in [3.8, 4) is 0 Å². The molecule has 6 heteroatoms. The third-order valence-corrected chi connectivity index (χ3v) is 3.22. The number of amides is 1. The van der Waals surface area contributed by atoms with Gasteiger partial charge in [-0.3, -0.25) is 9.59 Å². The third kappa shape index (κ3) is 3.06. The lowest BCUT2D eigenvalue weighted by Crippen LogP contribution is -2.21. The van der Waals surface area contributed by atoms with Gasteiger partial charge in [0.2, 0.25) is 0 Å². The van der Waals surface area contributed by atoms with Gasteiger partial charge in [-0.25, -0.2) is 0 Å². The SMILES string of the molecule is NC(=O)c1cc(Cl)ccc1NC1C=CC(C(=O)O)C1. The summed E-state index contributed by atoms with van der Waals surface area (Å²) in [6.45, 7) is 0. The largest absolute Gasteiger partial charge is 0.481 e. The lowest BCUT2D eigenvalue weighted by atomic mass is 10.1. The van der Waals surface area contributed by atoms with Crippen LogP contribution < -0.4 is 11.1 Å². The molecule has 0 saturated heterocycles. The molecule has 0 saturated carbocycles. The molecular formula is C13H13ClN2O3. The molecule has 0 fully saturated rings. The highest BCUT2D eigenvalue weighted by atomic mass is 35.5. The molecule has 2 atom stereocenters. The van der Waals surface area contributed by atoms with Crippen LogP contribution in [0.3, 0.4) is 0 Å². The summed E-state index contributed by atoms with van der Waals surface area (Å²) in [6.07, 6.45) is 3.86. The predicted molar refractivity (Wildman–Crippen MR) is 72.3 cm³/mol. The van der Waals surface area contributed by atoms with Crippen LogP contribution in [0.2, 0.25) is 5.02 Å². The topological polar surface area (TPSA) is 92.4 Å². The van der Waals surface area contributed by atoms with Gasteiger partial charge in [0.1, 0.15) is 0 Å². The van der Waals surface area contributed by atoms with E-state index >= 15 is 0 Å². The van der Waals surface area contributed by atoms with Gasteiger partial charge in [-0.05, 0) is 24.6 Å². The van der Waals surface area contributed by atoms with Crippen LogP contribution in [0.15, 0.2) is 30.4 Å². The fraction of sp³-hybridized carbons (Fsp3) is 0.231. The van der Waals surface area contributed by atoms with Crippen molar-refractivity contribution in [1.82, 2.24) is 0 Å². The highest BCUT2D eigenvalue weighted by molar-refractivity contribution is 6.31. The van der Waals surface area contributed by atoms with Gasteiger partial charge in [0.15, 0.2) is 0 Å². The van der Waals surface area contributed by atoms with Crippen LogP contribution in [0, 0.1) is 5.92 Å². The highest BCUT2D eigenvalue weighted by Gasteiger charge is 2.25. The number of carboxylic acid groups (broad SMARTS) is 1. The summed E-state index contributed by atoms with van der Waals surface area (Å²) in [7, 11) is 0. The third-order valence-electron chi connectivity index (χ3n) is 2.99. The summed E-state index contributed by atoms with van der Waals surface area (Å²) in [6, 6.07) is 4.65. The van der Waals surface area contributed by atoms with Gasteiger partial charge in [-0.15, -0.1) is 0 Å². The van der Waals surface area contributed by atoms with Crippen molar-refractivity contribution in [2.45, 2.75) is 12.5 Å². The fourth-order valence-corrected chi connectivity index (χ4v) is 2.21. The molecule has 0 radical (unpaired) electrons. The molecule has 0 spiro atoms. The van der Waals surface area contributed by atoms with E-state index in [-0.39, 0.29) is 6.04 Å². The number of carbonyl (C=O) groups is 2. The number of anilines is 1. The number of carbonyl (C=O) groups excluding carboxylic acids is 1. The zero-order chi connectivity index (χ0) is 14.0. The molecule has 1 aromatic carbocycles. The maximum Gasteiger partial charge on any atom is 0.310 e. The maximum absolute atomic E-state index is 11.3. The Bertz CT molecular complexity index is 557. The molecule has 2 rings (SSSR count). The normalized spacial score (nSPS) is 21.3. The van der Waals surface area contributed by atoms with Crippen LogP contribution >= 0.6 is 11.6 Å². The van der Waals surface area contributed by atoms with Gasteiger partial charge < -0.3 is 16.2 Å². The van der Waals surface area contributed by atoms with Gasteiger partial charge in [0.25, 0.3) is 5.91 Å². The van der Waals surface area contributed by atoms with Crippen molar-refractivity contribution in [2.24, 2.45) is 11.7 Å². The van der Waals surface area contributed by atoms with Crippen LogP contribution in [0.25, 0.3) is 0 Å². The lowest BCUT2D eigenvalue weighted by molar-refractivity contribution is -0.140. The van der Waals surface area contributed by atoms with Crippen LogP contribution in [-0.2, 0) is 4.79 Å². The minimum Gasteiger partial charge on any atom is -0.481 e. The number of primary amides is 1. The molecule has 2 unspecified atom stereocenters. The molecule has 1 aliphatic carbocycles. The van der Waals surface area contributed by atoms with Gasteiger partial charge in [0, 0.05) is 16.8 Å². The smallest absolute Gasteiger partial charge is 0.310 e. The highest BCUT2D eigenvalue weighted by Crippen LogP contribution is 2.25.